The number of halogens is 3. The van der Waals surface area contributed by atoms with E-state index in [2.05, 4.69) is 0 Å². The molecule has 0 saturated heterocycles. The van der Waals surface area contributed by atoms with Gasteiger partial charge < -0.3 is 0 Å². The number of hydrogen-bond acceptors (Lipinski definition) is 2. The van der Waals surface area contributed by atoms with Crippen molar-refractivity contribution in [1.82, 2.24) is 0 Å². The van der Waals surface area contributed by atoms with Gasteiger partial charge in [-0.1, -0.05) is 19.8 Å². The summed E-state index contributed by atoms with van der Waals surface area (Å²) < 4.78 is 36.9. The van der Waals surface area contributed by atoms with E-state index in [4.69, 9.17) is 0 Å². The number of unbranched alkanes of at least 4 members (excludes halogenated alkanes) is 2. The Labute approximate surface area is 86.8 Å². The van der Waals surface area contributed by atoms with Crippen molar-refractivity contribution in [2.75, 3.05) is 0 Å². The molecule has 0 fully saturated rings. The maximum atomic E-state index is 12.3. The summed E-state index contributed by atoms with van der Waals surface area (Å²) in [5.74, 6) is -4.55. The second-order valence-electron chi connectivity index (χ2n) is 3.51. The van der Waals surface area contributed by atoms with E-state index in [9.17, 15) is 22.8 Å². The standard InChI is InChI=1S/C10H15F3O2/c1-3-4-5-6-8(15)9(7(2)14)10(11,12)13/h9H,3-6H2,1-2H3. The zero-order valence-electron chi connectivity index (χ0n) is 8.86. The summed E-state index contributed by atoms with van der Waals surface area (Å²) in [4.78, 5) is 21.9. The van der Waals surface area contributed by atoms with Gasteiger partial charge in [0.2, 0.25) is 0 Å². The highest BCUT2D eigenvalue weighted by Crippen LogP contribution is 2.29. The summed E-state index contributed by atoms with van der Waals surface area (Å²) in [7, 11) is 0. The molecule has 5 heteroatoms. The molecule has 0 aliphatic heterocycles. The average Bonchev–Trinajstić information content (AvgIpc) is 2.00. The summed E-state index contributed by atoms with van der Waals surface area (Å²) in [5.41, 5.74) is 0. The lowest BCUT2D eigenvalue weighted by molar-refractivity contribution is -0.184. The lowest BCUT2D eigenvalue weighted by atomic mass is 9.95. The molecule has 0 aliphatic rings. The van der Waals surface area contributed by atoms with Gasteiger partial charge in [-0.2, -0.15) is 13.2 Å². The van der Waals surface area contributed by atoms with Crippen LogP contribution in [-0.2, 0) is 9.59 Å². The molecular weight excluding hydrogens is 209 g/mol. The van der Waals surface area contributed by atoms with E-state index >= 15 is 0 Å². The van der Waals surface area contributed by atoms with E-state index in [0.29, 0.717) is 12.8 Å². The van der Waals surface area contributed by atoms with Gasteiger partial charge in [-0.25, -0.2) is 0 Å². The molecule has 2 nitrogen and oxygen atoms in total. The molecule has 0 amide bonds. The topological polar surface area (TPSA) is 34.1 Å². The van der Waals surface area contributed by atoms with Crippen LogP contribution in [0.2, 0.25) is 0 Å². The van der Waals surface area contributed by atoms with Gasteiger partial charge in [0.25, 0.3) is 0 Å². The zero-order chi connectivity index (χ0) is 12.1. The van der Waals surface area contributed by atoms with E-state index in [1.54, 1.807) is 0 Å². The number of hydrogen-bond donors (Lipinski definition) is 0. The third-order valence-electron chi connectivity index (χ3n) is 2.08. The van der Waals surface area contributed by atoms with Crippen LogP contribution in [0.4, 0.5) is 13.2 Å². The monoisotopic (exact) mass is 224 g/mol. The Balaban J connectivity index is 4.39. The van der Waals surface area contributed by atoms with Crippen molar-refractivity contribution in [1.29, 1.82) is 0 Å². The molecule has 0 radical (unpaired) electrons. The Kier molecular flexibility index (Phi) is 5.54. The van der Waals surface area contributed by atoms with Crippen molar-refractivity contribution in [2.45, 2.75) is 45.7 Å². The van der Waals surface area contributed by atoms with Crippen molar-refractivity contribution >= 4 is 11.6 Å². The second-order valence-corrected chi connectivity index (χ2v) is 3.51. The molecule has 0 aromatic heterocycles. The van der Waals surface area contributed by atoms with Crippen molar-refractivity contribution in [3.63, 3.8) is 0 Å². The number of carbonyl (C=O) groups is 2. The van der Waals surface area contributed by atoms with Crippen LogP contribution in [0, 0.1) is 5.92 Å². The van der Waals surface area contributed by atoms with Crippen LogP contribution in [-0.4, -0.2) is 17.7 Å². The molecule has 0 aromatic carbocycles. The summed E-state index contributed by atoms with van der Waals surface area (Å²) in [5, 5.41) is 0. The molecule has 0 heterocycles. The maximum Gasteiger partial charge on any atom is 0.405 e. The summed E-state index contributed by atoms with van der Waals surface area (Å²) >= 11 is 0. The first-order valence-corrected chi connectivity index (χ1v) is 4.90. The first kappa shape index (κ1) is 14.1. The van der Waals surface area contributed by atoms with Crippen molar-refractivity contribution < 1.29 is 22.8 Å². The minimum atomic E-state index is -4.74. The van der Waals surface area contributed by atoms with Crippen LogP contribution in [0.1, 0.15) is 39.5 Å². The fourth-order valence-corrected chi connectivity index (χ4v) is 1.33. The molecule has 0 aliphatic carbocycles. The number of Topliss-reactive ketones (excluding diaryl/α,β-unsaturated/α-hetero) is 2. The predicted octanol–water partition coefficient (Wildman–Crippen LogP) is 2.90. The van der Waals surface area contributed by atoms with E-state index in [1.807, 2.05) is 6.92 Å². The molecule has 1 atom stereocenters. The Morgan fingerprint density at radius 2 is 1.73 bits per heavy atom. The summed E-state index contributed by atoms with van der Waals surface area (Å²) in [6.07, 6.45) is -2.97. The van der Waals surface area contributed by atoms with Crippen LogP contribution < -0.4 is 0 Å². The first-order valence-electron chi connectivity index (χ1n) is 4.90. The molecule has 0 N–H and O–H groups in total. The number of alkyl halides is 3. The Bertz CT molecular complexity index is 233. The van der Waals surface area contributed by atoms with Crippen LogP contribution >= 0.6 is 0 Å². The number of rotatable bonds is 6. The lowest BCUT2D eigenvalue weighted by Gasteiger charge is -2.15. The van der Waals surface area contributed by atoms with Crippen molar-refractivity contribution in [3.05, 3.63) is 0 Å². The zero-order valence-corrected chi connectivity index (χ0v) is 8.86. The Morgan fingerprint density at radius 3 is 2.07 bits per heavy atom. The highest BCUT2D eigenvalue weighted by atomic mass is 19.4. The largest absolute Gasteiger partial charge is 0.405 e. The van der Waals surface area contributed by atoms with Gasteiger partial charge in [-0.3, -0.25) is 9.59 Å². The summed E-state index contributed by atoms with van der Waals surface area (Å²) in [6.45, 7) is 2.69. The van der Waals surface area contributed by atoms with E-state index in [1.165, 1.54) is 0 Å². The van der Waals surface area contributed by atoms with Crippen LogP contribution in [0.15, 0.2) is 0 Å². The quantitative estimate of drug-likeness (QED) is 0.513. The minimum absolute atomic E-state index is 0.169. The fourth-order valence-electron chi connectivity index (χ4n) is 1.33. The minimum Gasteiger partial charge on any atom is -0.299 e. The van der Waals surface area contributed by atoms with E-state index in [-0.39, 0.29) is 6.42 Å². The molecule has 0 saturated carbocycles. The molecule has 0 bridgehead atoms. The molecule has 0 spiro atoms. The second kappa shape index (κ2) is 5.88. The number of carbonyl (C=O) groups excluding carboxylic acids is 2. The van der Waals surface area contributed by atoms with Crippen LogP contribution in [0.25, 0.3) is 0 Å². The van der Waals surface area contributed by atoms with Gasteiger partial charge >= 0.3 is 6.18 Å². The Morgan fingerprint density at radius 1 is 1.20 bits per heavy atom. The van der Waals surface area contributed by atoms with Gasteiger partial charge in [-0.05, 0) is 13.3 Å². The highest BCUT2D eigenvalue weighted by Gasteiger charge is 2.47. The third-order valence-corrected chi connectivity index (χ3v) is 2.08. The Hall–Kier alpha value is -0.870. The molecular formula is C10H15F3O2. The van der Waals surface area contributed by atoms with Crippen LogP contribution in [0.3, 0.4) is 0 Å². The predicted molar refractivity (Wildman–Crippen MR) is 49.4 cm³/mol. The van der Waals surface area contributed by atoms with Crippen molar-refractivity contribution in [3.8, 4) is 0 Å². The maximum absolute atomic E-state index is 12.3. The van der Waals surface area contributed by atoms with Gasteiger partial charge in [0.15, 0.2) is 11.7 Å². The van der Waals surface area contributed by atoms with Gasteiger partial charge in [0.1, 0.15) is 5.78 Å². The molecule has 0 aromatic rings. The van der Waals surface area contributed by atoms with E-state index < -0.39 is 23.7 Å². The smallest absolute Gasteiger partial charge is 0.299 e. The van der Waals surface area contributed by atoms with Crippen LogP contribution in [0.5, 0.6) is 0 Å². The SMILES string of the molecule is CCCCCC(=O)C(C(C)=O)C(F)(F)F. The molecule has 15 heavy (non-hydrogen) atoms. The normalized spacial score (nSPS) is 13.7. The van der Waals surface area contributed by atoms with Gasteiger partial charge in [0, 0.05) is 6.42 Å². The van der Waals surface area contributed by atoms with E-state index in [0.717, 1.165) is 13.3 Å². The number of ketones is 2. The first-order chi connectivity index (χ1) is 6.80. The van der Waals surface area contributed by atoms with Crippen molar-refractivity contribution in [2.24, 2.45) is 5.92 Å². The molecule has 1 unspecified atom stereocenters. The lowest BCUT2D eigenvalue weighted by Crippen LogP contribution is -2.36. The third kappa shape index (κ3) is 4.95. The highest BCUT2D eigenvalue weighted by molar-refractivity contribution is 6.02. The van der Waals surface area contributed by atoms with Gasteiger partial charge in [-0.15, -0.1) is 0 Å². The van der Waals surface area contributed by atoms with Gasteiger partial charge in [0.05, 0.1) is 0 Å². The molecule has 0 rings (SSSR count). The average molecular weight is 224 g/mol. The molecule has 88 valence electrons. The summed E-state index contributed by atoms with van der Waals surface area (Å²) in [6, 6.07) is 0. The fraction of sp³-hybridized carbons (Fsp3) is 0.800.